The lowest BCUT2D eigenvalue weighted by Gasteiger charge is -2.13. The molecule has 1 unspecified atom stereocenters. The van der Waals surface area contributed by atoms with Crippen LogP contribution < -0.4 is 5.73 Å². The minimum Gasteiger partial charge on any atom is -0.368 e. The molecule has 0 saturated carbocycles. The van der Waals surface area contributed by atoms with Gasteiger partial charge in [-0.3, -0.25) is 0 Å². The Kier molecular flexibility index (Phi) is 4.60. The number of benzene rings is 1. The lowest BCUT2D eigenvalue weighted by Crippen LogP contribution is -1.97. The summed E-state index contributed by atoms with van der Waals surface area (Å²) in [4.78, 5) is 15.7. The van der Waals surface area contributed by atoms with Gasteiger partial charge in [-0.25, -0.2) is 15.0 Å². The van der Waals surface area contributed by atoms with Crippen molar-refractivity contribution in [1.29, 1.82) is 0 Å². The molecule has 3 heterocycles. The quantitative estimate of drug-likeness (QED) is 0.214. The van der Waals surface area contributed by atoms with E-state index in [1.165, 1.54) is 23.6 Å². The molecule has 3 aromatic heterocycles. The summed E-state index contributed by atoms with van der Waals surface area (Å²) in [6, 6.07) is 10.5. The molecular formula is C19H14FN7S. The van der Waals surface area contributed by atoms with Crippen LogP contribution in [0.15, 0.2) is 53.9 Å². The topological polar surface area (TPSA) is 113 Å². The van der Waals surface area contributed by atoms with E-state index in [0.29, 0.717) is 11.1 Å². The highest BCUT2D eigenvalue weighted by atomic mass is 32.1. The number of halogens is 1. The highest BCUT2D eigenvalue weighted by Gasteiger charge is 2.17. The fourth-order valence-corrected chi connectivity index (χ4v) is 4.22. The number of aromatic nitrogens is 3. The molecule has 138 valence electrons. The molecule has 0 fully saturated rings. The van der Waals surface area contributed by atoms with E-state index in [4.69, 9.17) is 11.3 Å². The Labute approximate surface area is 163 Å². The van der Waals surface area contributed by atoms with Gasteiger partial charge in [0.1, 0.15) is 0 Å². The highest BCUT2D eigenvalue weighted by molar-refractivity contribution is 7.22. The van der Waals surface area contributed by atoms with E-state index in [1.807, 2.05) is 24.3 Å². The number of nitrogen functional groups attached to an aromatic ring is 1. The lowest BCUT2D eigenvalue weighted by molar-refractivity contribution is 0.581. The second-order valence-electron chi connectivity index (χ2n) is 6.11. The molecule has 0 radical (unpaired) electrons. The molecule has 4 aromatic rings. The molecule has 0 spiro atoms. The molecule has 7 nitrogen and oxygen atoms in total. The van der Waals surface area contributed by atoms with Crippen LogP contribution in [-0.2, 0) is 0 Å². The summed E-state index contributed by atoms with van der Waals surface area (Å²) in [7, 11) is 0. The minimum absolute atomic E-state index is 0.205. The number of anilines is 1. The molecule has 2 N–H and O–H groups in total. The van der Waals surface area contributed by atoms with Gasteiger partial charge in [-0.05, 0) is 34.2 Å². The largest absolute Gasteiger partial charge is 0.368 e. The standard InChI is InChI=1S/C19H14FN7S/c1-10(26-27-22)14-9-24-17(20)8-13(14)12-4-2-3-11-7-16(28-18(11)12)15-5-6-23-19(21)25-15/h2-10H,1H3,(H2,21,23,25). The summed E-state index contributed by atoms with van der Waals surface area (Å²) in [6.45, 7) is 1.75. The zero-order valence-electron chi connectivity index (χ0n) is 14.7. The van der Waals surface area contributed by atoms with Crippen molar-refractivity contribution in [2.45, 2.75) is 13.0 Å². The van der Waals surface area contributed by atoms with Gasteiger partial charge in [0, 0.05) is 33.6 Å². The third kappa shape index (κ3) is 3.24. The van der Waals surface area contributed by atoms with Crippen molar-refractivity contribution in [1.82, 2.24) is 15.0 Å². The molecule has 0 aliphatic carbocycles. The number of nitrogens with zero attached hydrogens (tertiary/aromatic N) is 6. The van der Waals surface area contributed by atoms with Crippen LogP contribution in [0.5, 0.6) is 0 Å². The normalized spacial score (nSPS) is 11.9. The number of thiophene rings is 1. The predicted molar refractivity (Wildman–Crippen MR) is 108 cm³/mol. The van der Waals surface area contributed by atoms with E-state index < -0.39 is 12.0 Å². The Balaban J connectivity index is 1.93. The Bertz CT molecular complexity index is 1230. The van der Waals surface area contributed by atoms with Crippen LogP contribution in [0.2, 0.25) is 0 Å². The van der Waals surface area contributed by atoms with Gasteiger partial charge < -0.3 is 5.73 Å². The van der Waals surface area contributed by atoms with Crippen LogP contribution in [-0.4, -0.2) is 15.0 Å². The number of pyridine rings is 1. The first kappa shape index (κ1) is 17.8. The van der Waals surface area contributed by atoms with E-state index in [1.54, 1.807) is 19.2 Å². The SMILES string of the molecule is CC(N=[N+]=[N-])c1cnc(F)cc1-c1cccc2cc(-c3ccnc(N)n3)sc12. The summed E-state index contributed by atoms with van der Waals surface area (Å²) < 4.78 is 14.9. The predicted octanol–water partition coefficient (Wildman–Crippen LogP) is 5.51. The number of hydrogen-bond acceptors (Lipinski definition) is 6. The fourth-order valence-electron chi connectivity index (χ4n) is 3.06. The Morgan fingerprint density at radius 1 is 1.21 bits per heavy atom. The molecule has 0 bridgehead atoms. The molecule has 1 atom stereocenters. The maximum atomic E-state index is 14.0. The monoisotopic (exact) mass is 391 g/mol. The zero-order chi connectivity index (χ0) is 19.7. The third-order valence-electron chi connectivity index (χ3n) is 4.34. The molecule has 9 heteroatoms. The van der Waals surface area contributed by atoms with Crippen molar-refractivity contribution < 1.29 is 4.39 Å². The summed E-state index contributed by atoms with van der Waals surface area (Å²) in [5.74, 6) is -0.388. The molecular weight excluding hydrogens is 377 g/mol. The summed E-state index contributed by atoms with van der Waals surface area (Å²) in [5.41, 5.74) is 17.4. The smallest absolute Gasteiger partial charge is 0.220 e. The zero-order valence-corrected chi connectivity index (χ0v) is 15.6. The Morgan fingerprint density at radius 2 is 2.07 bits per heavy atom. The molecule has 4 rings (SSSR count). The maximum Gasteiger partial charge on any atom is 0.220 e. The number of nitrogens with two attached hydrogens (primary N) is 1. The first-order valence-corrected chi connectivity index (χ1v) is 9.20. The van der Waals surface area contributed by atoms with Gasteiger partial charge in [0.2, 0.25) is 11.9 Å². The van der Waals surface area contributed by atoms with Crippen molar-refractivity contribution in [3.63, 3.8) is 0 Å². The van der Waals surface area contributed by atoms with Gasteiger partial charge in [-0.1, -0.05) is 30.2 Å². The van der Waals surface area contributed by atoms with Crippen LogP contribution in [0.25, 0.3) is 42.2 Å². The summed E-state index contributed by atoms with van der Waals surface area (Å²) >= 11 is 1.53. The summed E-state index contributed by atoms with van der Waals surface area (Å²) in [5, 5.41) is 4.74. The van der Waals surface area contributed by atoms with E-state index in [9.17, 15) is 4.39 Å². The Hall–Kier alpha value is -3.55. The molecule has 0 amide bonds. The van der Waals surface area contributed by atoms with Gasteiger partial charge in [-0.2, -0.15) is 4.39 Å². The van der Waals surface area contributed by atoms with Crippen LogP contribution in [0.4, 0.5) is 10.3 Å². The van der Waals surface area contributed by atoms with Crippen molar-refractivity contribution >= 4 is 27.4 Å². The molecule has 0 aliphatic rings. The van der Waals surface area contributed by atoms with Gasteiger partial charge in [0.25, 0.3) is 0 Å². The number of azide groups is 1. The average molecular weight is 391 g/mol. The van der Waals surface area contributed by atoms with Crippen LogP contribution in [0.1, 0.15) is 18.5 Å². The second kappa shape index (κ2) is 7.22. The van der Waals surface area contributed by atoms with Gasteiger partial charge in [0.05, 0.1) is 16.6 Å². The van der Waals surface area contributed by atoms with E-state index in [-0.39, 0.29) is 5.95 Å². The van der Waals surface area contributed by atoms with E-state index in [2.05, 4.69) is 25.0 Å². The molecule has 0 saturated heterocycles. The molecule has 0 aliphatic heterocycles. The number of fused-ring (bicyclic) bond motifs is 1. The van der Waals surface area contributed by atoms with Gasteiger partial charge in [-0.15, -0.1) is 11.3 Å². The van der Waals surface area contributed by atoms with Crippen molar-refractivity contribution in [3.8, 4) is 21.7 Å². The first-order valence-electron chi connectivity index (χ1n) is 8.38. The summed E-state index contributed by atoms with van der Waals surface area (Å²) in [6.07, 6.45) is 3.03. The van der Waals surface area contributed by atoms with Crippen molar-refractivity contribution in [3.05, 3.63) is 70.7 Å². The minimum atomic E-state index is -0.593. The molecule has 28 heavy (non-hydrogen) atoms. The first-order chi connectivity index (χ1) is 13.6. The highest BCUT2D eigenvalue weighted by Crippen LogP contribution is 2.41. The maximum absolute atomic E-state index is 14.0. The van der Waals surface area contributed by atoms with E-state index >= 15 is 0 Å². The molecule has 1 aromatic carbocycles. The van der Waals surface area contributed by atoms with Gasteiger partial charge >= 0.3 is 0 Å². The van der Waals surface area contributed by atoms with Crippen LogP contribution in [0, 0.1) is 5.95 Å². The number of hydrogen-bond donors (Lipinski definition) is 1. The van der Waals surface area contributed by atoms with Crippen molar-refractivity contribution in [2.24, 2.45) is 5.11 Å². The van der Waals surface area contributed by atoms with Crippen LogP contribution in [0.3, 0.4) is 0 Å². The Morgan fingerprint density at radius 3 is 2.86 bits per heavy atom. The fraction of sp³-hybridized carbons (Fsp3) is 0.105. The van der Waals surface area contributed by atoms with Crippen LogP contribution >= 0.6 is 11.3 Å². The lowest BCUT2D eigenvalue weighted by atomic mass is 9.97. The van der Waals surface area contributed by atoms with Gasteiger partial charge in [0.15, 0.2) is 0 Å². The average Bonchev–Trinajstić information content (AvgIpc) is 3.12. The van der Waals surface area contributed by atoms with Crippen molar-refractivity contribution in [2.75, 3.05) is 5.73 Å². The second-order valence-corrected chi connectivity index (χ2v) is 7.16. The third-order valence-corrected chi connectivity index (χ3v) is 5.54. The van der Waals surface area contributed by atoms with E-state index in [0.717, 1.165) is 26.2 Å². The number of rotatable bonds is 4.